The summed E-state index contributed by atoms with van der Waals surface area (Å²) in [6.45, 7) is 2.15. The predicted octanol–water partition coefficient (Wildman–Crippen LogP) is 3.92. The number of nitrogens with one attached hydrogen (secondary N) is 1. The van der Waals surface area contributed by atoms with Gasteiger partial charge in [0.25, 0.3) is 0 Å². The zero-order chi connectivity index (χ0) is 12.1. The highest BCUT2D eigenvalue weighted by atomic mass is 32.1. The van der Waals surface area contributed by atoms with Crippen LogP contribution in [0.4, 0.5) is 0 Å². The fourth-order valence-corrected chi connectivity index (χ4v) is 2.62. The van der Waals surface area contributed by atoms with Crippen LogP contribution in [0, 0.1) is 0 Å². The number of aryl methyl sites for hydroxylation is 1. The molecule has 3 heteroatoms. The fraction of sp³-hybridized carbons (Fsp3) is 0.214. The lowest BCUT2D eigenvalue weighted by Gasteiger charge is -1.90. The molecule has 2 heterocycles. The number of aromatic nitrogens is 1. The molecule has 2 aromatic rings. The third-order valence-corrected chi connectivity index (χ3v) is 3.60. The van der Waals surface area contributed by atoms with Crippen molar-refractivity contribution in [2.75, 3.05) is 0 Å². The maximum atomic E-state index is 11.9. The van der Waals surface area contributed by atoms with E-state index in [0.29, 0.717) is 0 Å². The Morgan fingerprint density at radius 2 is 2.29 bits per heavy atom. The summed E-state index contributed by atoms with van der Waals surface area (Å²) in [7, 11) is 0. The molecule has 2 rings (SSSR count). The number of thiophene rings is 1. The van der Waals surface area contributed by atoms with Gasteiger partial charge in [0.05, 0.1) is 4.88 Å². The average molecular weight is 245 g/mol. The molecule has 0 fully saturated rings. The summed E-state index contributed by atoms with van der Waals surface area (Å²) >= 11 is 1.59. The number of rotatable bonds is 5. The van der Waals surface area contributed by atoms with Gasteiger partial charge in [0.2, 0.25) is 0 Å². The minimum absolute atomic E-state index is 0.0759. The normalized spacial score (nSPS) is 11.1. The number of hydrogen-bond acceptors (Lipinski definition) is 2. The van der Waals surface area contributed by atoms with Gasteiger partial charge in [0, 0.05) is 16.8 Å². The molecule has 0 unspecified atom stereocenters. The molecule has 0 radical (unpaired) electrons. The van der Waals surface area contributed by atoms with Crippen LogP contribution in [0.15, 0.2) is 36.5 Å². The van der Waals surface area contributed by atoms with Gasteiger partial charge < -0.3 is 4.98 Å². The van der Waals surface area contributed by atoms with Gasteiger partial charge in [0.1, 0.15) is 0 Å². The molecule has 0 aliphatic rings. The molecular formula is C14H15NOS. The van der Waals surface area contributed by atoms with Crippen molar-refractivity contribution in [3.05, 3.63) is 52.0 Å². The molecule has 0 atom stereocenters. The van der Waals surface area contributed by atoms with E-state index in [9.17, 15) is 4.79 Å². The lowest BCUT2D eigenvalue weighted by molar-refractivity contribution is 0.105. The second-order valence-corrected chi connectivity index (χ2v) is 5.01. The van der Waals surface area contributed by atoms with Crippen LogP contribution in [-0.2, 0) is 6.42 Å². The van der Waals surface area contributed by atoms with Crippen LogP contribution in [0.3, 0.4) is 0 Å². The van der Waals surface area contributed by atoms with Crippen molar-refractivity contribution in [2.24, 2.45) is 0 Å². The highest BCUT2D eigenvalue weighted by Gasteiger charge is 2.05. The second-order valence-electron chi connectivity index (χ2n) is 3.84. The van der Waals surface area contributed by atoms with Crippen molar-refractivity contribution >= 4 is 23.2 Å². The Kier molecular flexibility index (Phi) is 3.94. The zero-order valence-corrected chi connectivity index (χ0v) is 10.6. The minimum Gasteiger partial charge on any atom is -0.362 e. The van der Waals surface area contributed by atoms with E-state index in [-0.39, 0.29) is 5.78 Å². The van der Waals surface area contributed by atoms with Gasteiger partial charge in [-0.2, -0.15) is 0 Å². The van der Waals surface area contributed by atoms with Gasteiger partial charge in [-0.3, -0.25) is 4.79 Å². The first-order valence-corrected chi connectivity index (χ1v) is 6.55. The van der Waals surface area contributed by atoms with E-state index < -0.39 is 0 Å². The van der Waals surface area contributed by atoms with Crippen molar-refractivity contribution in [3.8, 4) is 0 Å². The van der Waals surface area contributed by atoms with Gasteiger partial charge in [0.15, 0.2) is 5.78 Å². The predicted molar refractivity (Wildman–Crippen MR) is 72.5 cm³/mol. The van der Waals surface area contributed by atoms with Crippen molar-refractivity contribution < 1.29 is 4.79 Å². The number of hydrogen-bond donors (Lipinski definition) is 1. The lowest BCUT2D eigenvalue weighted by Crippen LogP contribution is -1.88. The summed E-state index contributed by atoms with van der Waals surface area (Å²) in [5.74, 6) is 0.0759. The third-order valence-electron chi connectivity index (χ3n) is 2.44. The number of carbonyl (C=O) groups is 1. The first-order valence-electron chi connectivity index (χ1n) is 5.74. The summed E-state index contributed by atoms with van der Waals surface area (Å²) in [6, 6.07) is 7.80. The summed E-state index contributed by atoms with van der Waals surface area (Å²) in [4.78, 5) is 17.0. The molecule has 0 saturated heterocycles. The van der Waals surface area contributed by atoms with Crippen LogP contribution < -0.4 is 0 Å². The first-order chi connectivity index (χ1) is 8.29. The zero-order valence-electron chi connectivity index (χ0n) is 9.77. The average Bonchev–Trinajstić information content (AvgIpc) is 2.97. The van der Waals surface area contributed by atoms with Gasteiger partial charge in [-0.05, 0) is 42.8 Å². The number of allylic oxidation sites excluding steroid dienone is 1. The fourth-order valence-electron chi connectivity index (χ4n) is 1.59. The summed E-state index contributed by atoms with van der Waals surface area (Å²) < 4.78 is 0. The molecule has 0 aromatic carbocycles. The van der Waals surface area contributed by atoms with Gasteiger partial charge >= 0.3 is 0 Å². The largest absolute Gasteiger partial charge is 0.362 e. The Bertz CT molecular complexity index is 508. The number of carbonyl (C=O) groups excluding carboxylic acids is 1. The van der Waals surface area contributed by atoms with Crippen LogP contribution in [0.25, 0.3) is 6.08 Å². The van der Waals surface area contributed by atoms with E-state index in [1.165, 1.54) is 4.88 Å². The highest BCUT2D eigenvalue weighted by molar-refractivity contribution is 7.14. The number of ketones is 1. The van der Waals surface area contributed by atoms with Gasteiger partial charge in [-0.25, -0.2) is 0 Å². The van der Waals surface area contributed by atoms with E-state index in [0.717, 1.165) is 23.4 Å². The Labute approximate surface area is 105 Å². The molecular weight excluding hydrogens is 230 g/mol. The maximum Gasteiger partial charge on any atom is 0.195 e. The molecule has 0 aliphatic heterocycles. The van der Waals surface area contributed by atoms with Crippen molar-refractivity contribution in [2.45, 2.75) is 19.8 Å². The highest BCUT2D eigenvalue weighted by Crippen LogP contribution is 2.19. The molecule has 0 bridgehead atoms. The van der Waals surface area contributed by atoms with Crippen LogP contribution >= 0.6 is 11.3 Å². The topological polar surface area (TPSA) is 32.9 Å². The molecule has 2 nitrogen and oxygen atoms in total. The van der Waals surface area contributed by atoms with E-state index in [2.05, 4.69) is 11.9 Å². The number of H-pyrrole nitrogens is 1. The van der Waals surface area contributed by atoms with Crippen molar-refractivity contribution in [3.63, 3.8) is 0 Å². The van der Waals surface area contributed by atoms with Crippen molar-refractivity contribution in [1.29, 1.82) is 0 Å². The smallest absolute Gasteiger partial charge is 0.195 e. The Morgan fingerprint density at radius 1 is 1.41 bits per heavy atom. The van der Waals surface area contributed by atoms with Crippen LogP contribution in [-0.4, -0.2) is 10.8 Å². The maximum absolute atomic E-state index is 11.9. The summed E-state index contributed by atoms with van der Waals surface area (Å²) in [5.41, 5.74) is 0.948. The number of aromatic amines is 1. The van der Waals surface area contributed by atoms with E-state index >= 15 is 0 Å². The van der Waals surface area contributed by atoms with E-state index in [1.807, 2.05) is 36.5 Å². The summed E-state index contributed by atoms with van der Waals surface area (Å²) in [5, 5.41) is 0. The Morgan fingerprint density at radius 3 is 3.00 bits per heavy atom. The Balaban J connectivity index is 2.04. The Hall–Kier alpha value is -1.61. The SMILES string of the molecule is CCCc1ccc(C(=O)/C=C/c2ccc[nH]2)s1. The molecule has 1 N–H and O–H groups in total. The van der Waals surface area contributed by atoms with Crippen LogP contribution in [0.1, 0.15) is 33.6 Å². The summed E-state index contributed by atoms with van der Waals surface area (Å²) in [6.07, 6.45) is 7.44. The molecule has 88 valence electrons. The molecule has 0 saturated carbocycles. The second kappa shape index (κ2) is 5.64. The molecule has 0 amide bonds. The van der Waals surface area contributed by atoms with Crippen LogP contribution in [0.5, 0.6) is 0 Å². The monoisotopic (exact) mass is 245 g/mol. The quantitative estimate of drug-likeness (QED) is 0.628. The lowest BCUT2D eigenvalue weighted by atomic mass is 10.2. The van der Waals surface area contributed by atoms with Gasteiger partial charge in [-0.1, -0.05) is 13.3 Å². The minimum atomic E-state index is 0.0759. The molecule has 17 heavy (non-hydrogen) atoms. The molecule has 0 aliphatic carbocycles. The first kappa shape index (κ1) is 11.9. The standard InChI is InChI=1S/C14H15NOS/c1-2-4-12-7-9-14(17-12)13(16)8-6-11-5-3-10-15-11/h3,5-10,15H,2,4H2,1H3/b8-6+. The van der Waals surface area contributed by atoms with Crippen molar-refractivity contribution in [1.82, 2.24) is 4.98 Å². The third kappa shape index (κ3) is 3.17. The molecule has 2 aromatic heterocycles. The van der Waals surface area contributed by atoms with E-state index in [4.69, 9.17) is 0 Å². The van der Waals surface area contributed by atoms with Crippen LogP contribution in [0.2, 0.25) is 0 Å². The van der Waals surface area contributed by atoms with E-state index in [1.54, 1.807) is 17.4 Å². The van der Waals surface area contributed by atoms with Gasteiger partial charge in [-0.15, -0.1) is 11.3 Å². The molecule has 0 spiro atoms.